The molecule has 0 radical (unpaired) electrons. The zero-order chi connectivity index (χ0) is 9.56. The number of carbonyl (C=O) groups is 1. The Bertz CT molecular complexity index is 241. The summed E-state index contributed by atoms with van der Waals surface area (Å²) in [5, 5.41) is 2.70. The van der Waals surface area contributed by atoms with E-state index in [2.05, 4.69) is 34.5 Å². The Balaban J connectivity index is 4.35. The number of halogens is 1. The Morgan fingerprint density at radius 2 is 2.08 bits per heavy atom. The van der Waals surface area contributed by atoms with Crippen LogP contribution in [0, 0.1) is 0 Å². The van der Waals surface area contributed by atoms with Gasteiger partial charge in [0.1, 0.15) is 0 Å². The molecule has 3 heteroatoms. The topological polar surface area (TPSA) is 29.1 Å². The summed E-state index contributed by atoms with van der Waals surface area (Å²) in [6.45, 7) is 6.90. The van der Waals surface area contributed by atoms with E-state index in [0.29, 0.717) is 0 Å². The predicted octanol–water partition coefficient (Wildman–Crippen LogP) is 2.53. The normalized spacial score (nSPS) is 12.6. The van der Waals surface area contributed by atoms with Crippen molar-refractivity contribution in [2.45, 2.75) is 13.8 Å². The fourth-order valence-corrected chi connectivity index (χ4v) is 0.944. The first-order valence-corrected chi connectivity index (χ1v) is 4.59. The number of allylic oxidation sites excluding steroid dienone is 5. The van der Waals surface area contributed by atoms with Gasteiger partial charge in [0.15, 0.2) is 0 Å². The van der Waals surface area contributed by atoms with Gasteiger partial charge in [-0.1, -0.05) is 18.7 Å². The van der Waals surface area contributed by atoms with Crippen LogP contribution < -0.4 is 5.32 Å². The van der Waals surface area contributed by atoms with Gasteiger partial charge in [0.05, 0.1) is 0 Å². The third-order valence-electron chi connectivity index (χ3n) is 1.10. The van der Waals surface area contributed by atoms with Gasteiger partial charge in [0.25, 0.3) is 0 Å². The highest BCUT2D eigenvalue weighted by Gasteiger charge is 1.95. The van der Waals surface area contributed by atoms with Crippen LogP contribution in [0.4, 0.5) is 0 Å². The molecule has 0 spiro atoms. The molecule has 0 saturated carbocycles. The van der Waals surface area contributed by atoms with Crippen molar-refractivity contribution in [2.24, 2.45) is 0 Å². The summed E-state index contributed by atoms with van der Waals surface area (Å²) in [6.07, 6.45) is 5.41. The largest absolute Gasteiger partial charge is 0.329 e. The first kappa shape index (κ1) is 11.4. The van der Waals surface area contributed by atoms with Crippen LogP contribution >= 0.6 is 22.6 Å². The first-order valence-electron chi connectivity index (χ1n) is 3.51. The second-order valence-electron chi connectivity index (χ2n) is 2.25. The maximum absolute atomic E-state index is 10.6. The predicted molar refractivity (Wildman–Crippen MR) is 59.9 cm³/mol. The molecule has 0 aromatic carbocycles. The van der Waals surface area contributed by atoms with Crippen molar-refractivity contribution in [3.05, 3.63) is 34.1 Å². The van der Waals surface area contributed by atoms with E-state index in [4.69, 9.17) is 0 Å². The minimum atomic E-state index is -0.0475. The van der Waals surface area contributed by atoms with E-state index < -0.39 is 0 Å². The highest BCUT2D eigenvalue weighted by atomic mass is 127. The van der Waals surface area contributed by atoms with Crippen molar-refractivity contribution in [2.75, 3.05) is 0 Å². The molecule has 66 valence electrons. The van der Waals surface area contributed by atoms with Gasteiger partial charge in [0.2, 0.25) is 5.91 Å². The molecule has 0 aromatic heterocycles. The van der Waals surface area contributed by atoms with Crippen molar-refractivity contribution in [3.8, 4) is 0 Å². The molecule has 0 fully saturated rings. The van der Waals surface area contributed by atoms with Crippen molar-refractivity contribution in [1.29, 1.82) is 0 Å². The van der Waals surface area contributed by atoms with Crippen molar-refractivity contribution < 1.29 is 4.79 Å². The van der Waals surface area contributed by atoms with Crippen LogP contribution in [0.3, 0.4) is 0 Å². The molecular weight excluding hydrogens is 265 g/mol. The molecule has 0 aliphatic rings. The van der Waals surface area contributed by atoms with Crippen LogP contribution in [0.25, 0.3) is 0 Å². The zero-order valence-corrected chi connectivity index (χ0v) is 9.38. The maximum atomic E-state index is 10.6. The summed E-state index contributed by atoms with van der Waals surface area (Å²) in [5.74, 6) is -0.0475. The third kappa shape index (κ3) is 5.12. The average Bonchev–Trinajstić information content (AvgIpc) is 1.98. The fraction of sp³-hybridized carbons (Fsp3) is 0.222. The molecule has 0 aromatic rings. The third-order valence-corrected chi connectivity index (χ3v) is 2.27. The molecule has 0 aliphatic heterocycles. The average molecular weight is 277 g/mol. The summed E-state index contributed by atoms with van der Waals surface area (Å²) >= 11 is 2.15. The highest BCUT2D eigenvalue weighted by molar-refractivity contribution is 14.1. The number of hydrogen-bond donors (Lipinski definition) is 1. The minimum absolute atomic E-state index is 0.0475. The number of rotatable bonds is 3. The lowest BCUT2D eigenvalue weighted by Gasteiger charge is -2.02. The van der Waals surface area contributed by atoms with E-state index >= 15 is 0 Å². The van der Waals surface area contributed by atoms with Gasteiger partial charge in [-0.3, -0.25) is 4.79 Å². The van der Waals surface area contributed by atoms with Crippen LogP contribution in [0.5, 0.6) is 0 Å². The van der Waals surface area contributed by atoms with E-state index in [0.717, 1.165) is 9.28 Å². The minimum Gasteiger partial charge on any atom is -0.329 e. The monoisotopic (exact) mass is 277 g/mol. The SMILES string of the molecule is C=C/C=C\C(I)=C(/C)NC(C)=O. The fourth-order valence-electron chi connectivity index (χ4n) is 0.601. The Kier molecular flexibility index (Phi) is 5.70. The number of hydrogen-bond acceptors (Lipinski definition) is 1. The lowest BCUT2D eigenvalue weighted by atomic mass is 10.4. The zero-order valence-electron chi connectivity index (χ0n) is 7.23. The smallest absolute Gasteiger partial charge is 0.221 e. The maximum Gasteiger partial charge on any atom is 0.221 e. The molecule has 0 saturated heterocycles. The lowest BCUT2D eigenvalue weighted by molar-refractivity contribution is -0.118. The van der Waals surface area contributed by atoms with Gasteiger partial charge in [0, 0.05) is 16.2 Å². The van der Waals surface area contributed by atoms with E-state index in [9.17, 15) is 4.79 Å². The molecule has 0 rings (SSSR count). The quantitative estimate of drug-likeness (QED) is 0.623. The molecule has 0 unspecified atom stereocenters. The molecular formula is C9H12INO. The second-order valence-corrected chi connectivity index (χ2v) is 3.41. The Labute approximate surface area is 86.6 Å². The number of carbonyl (C=O) groups excluding carboxylic acids is 1. The van der Waals surface area contributed by atoms with Gasteiger partial charge < -0.3 is 5.32 Å². The molecule has 1 N–H and O–H groups in total. The van der Waals surface area contributed by atoms with Gasteiger partial charge in [-0.05, 0) is 35.6 Å². The summed E-state index contributed by atoms with van der Waals surface area (Å²) < 4.78 is 1.00. The van der Waals surface area contributed by atoms with Gasteiger partial charge in [-0.2, -0.15) is 0 Å². The summed E-state index contributed by atoms with van der Waals surface area (Å²) in [4.78, 5) is 10.6. The van der Waals surface area contributed by atoms with Crippen LogP contribution in [0.15, 0.2) is 34.1 Å². The van der Waals surface area contributed by atoms with Gasteiger partial charge in [-0.25, -0.2) is 0 Å². The Morgan fingerprint density at radius 3 is 2.50 bits per heavy atom. The number of amides is 1. The van der Waals surface area contributed by atoms with Crippen LogP contribution in [0.2, 0.25) is 0 Å². The van der Waals surface area contributed by atoms with Crippen molar-refractivity contribution in [1.82, 2.24) is 5.32 Å². The molecule has 12 heavy (non-hydrogen) atoms. The molecule has 0 bridgehead atoms. The summed E-state index contributed by atoms with van der Waals surface area (Å²) in [7, 11) is 0. The van der Waals surface area contributed by atoms with E-state index in [1.165, 1.54) is 6.92 Å². The molecule has 0 atom stereocenters. The Hall–Kier alpha value is -0.580. The standard InChI is InChI=1S/C9H12INO/c1-4-5-6-9(10)7(2)11-8(3)12/h4-6H,1H2,2-3H3,(H,11,12)/b6-5-,9-7-. The molecule has 1 amide bonds. The highest BCUT2D eigenvalue weighted by Crippen LogP contribution is 2.11. The lowest BCUT2D eigenvalue weighted by Crippen LogP contribution is -2.17. The second kappa shape index (κ2) is 5.99. The van der Waals surface area contributed by atoms with E-state index in [-0.39, 0.29) is 5.91 Å². The van der Waals surface area contributed by atoms with Crippen molar-refractivity contribution >= 4 is 28.5 Å². The first-order chi connectivity index (χ1) is 5.57. The van der Waals surface area contributed by atoms with Crippen LogP contribution in [-0.2, 0) is 4.79 Å². The summed E-state index contributed by atoms with van der Waals surface area (Å²) in [5.41, 5.74) is 0.862. The van der Waals surface area contributed by atoms with Gasteiger partial charge in [-0.15, -0.1) is 0 Å². The Morgan fingerprint density at radius 1 is 1.50 bits per heavy atom. The van der Waals surface area contributed by atoms with E-state index in [1.54, 1.807) is 6.08 Å². The van der Waals surface area contributed by atoms with E-state index in [1.807, 2.05) is 19.1 Å². The van der Waals surface area contributed by atoms with Crippen LogP contribution in [0.1, 0.15) is 13.8 Å². The number of nitrogens with one attached hydrogen (secondary N) is 1. The van der Waals surface area contributed by atoms with Crippen LogP contribution in [-0.4, -0.2) is 5.91 Å². The summed E-state index contributed by atoms with van der Waals surface area (Å²) in [6, 6.07) is 0. The molecule has 0 heterocycles. The molecule has 2 nitrogen and oxygen atoms in total. The van der Waals surface area contributed by atoms with Gasteiger partial charge >= 0.3 is 0 Å². The molecule has 0 aliphatic carbocycles. The van der Waals surface area contributed by atoms with Crippen molar-refractivity contribution in [3.63, 3.8) is 0 Å².